The minimum Gasteiger partial charge on any atom is -0.359 e. The highest BCUT2D eigenvalue weighted by Gasteiger charge is 2.43. The minimum absolute atomic E-state index is 0.0407. The van der Waals surface area contributed by atoms with E-state index in [1.165, 1.54) is 25.7 Å². The molecule has 0 bridgehead atoms. The Balaban J connectivity index is 2.01. The van der Waals surface area contributed by atoms with Crippen LogP contribution in [-0.2, 0) is 4.79 Å². The predicted molar refractivity (Wildman–Crippen MR) is 86.3 cm³/mol. The molecule has 0 atom stereocenters. The lowest BCUT2D eigenvalue weighted by atomic mass is 9.68. The number of likely N-dealkylation sites (tertiary alicyclic amines) is 1. The SMILES string of the molecule is CCNC(=NCC(C)(C)C(=O)NC)N1CCC2(CCC2)C1. The van der Waals surface area contributed by atoms with Crippen molar-refractivity contribution in [1.82, 2.24) is 15.5 Å². The van der Waals surface area contributed by atoms with Gasteiger partial charge in [-0.3, -0.25) is 9.79 Å². The smallest absolute Gasteiger partial charge is 0.227 e. The number of nitrogens with zero attached hydrogens (tertiary/aromatic N) is 2. The van der Waals surface area contributed by atoms with Crippen LogP contribution in [-0.4, -0.2) is 50.0 Å². The number of nitrogens with one attached hydrogen (secondary N) is 2. The van der Waals surface area contributed by atoms with E-state index in [0.29, 0.717) is 12.0 Å². The molecule has 1 saturated heterocycles. The van der Waals surface area contributed by atoms with Crippen molar-refractivity contribution in [3.05, 3.63) is 0 Å². The maximum Gasteiger partial charge on any atom is 0.227 e. The van der Waals surface area contributed by atoms with Crippen LogP contribution >= 0.6 is 0 Å². The molecule has 5 heteroatoms. The highest BCUT2D eigenvalue weighted by molar-refractivity contribution is 5.83. The maximum atomic E-state index is 11.9. The van der Waals surface area contributed by atoms with Crippen molar-refractivity contribution in [2.24, 2.45) is 15.8 Å². The molecule has 2 N–H and O–H groups in total. The lowest BCUT2D eigenvalue weighted by Gasteiger charge is -2.38. The molecule has 0 aromatic carbocycles. The summed E-state index contributed by atoms with van der Waals surface area (Å²) in [6.07, 6.45) is 5.40. The third-order valence-electron chi connectivity index (χ3n) is 4.95. The summed E-state index contributed by atoms with van der Waals surface area (Å²) in [5.41, 5.74) is 0.0931. The highest BCUT2D eigenvalue weighted by Crippen LogP contribution is 2.47. The van der Waals surface area contributed by atoms with Crippen molar-refractivity contribution in [2.75, 3.05) is 33.2 Å². The van der Waals surface area contributed by atoms with Crippen LogP contribution in [0.4, 0.5) is 0 Å². The molecule has 0 radical (unpaired) electrons. The van der Waals surface area contributed by atoms with E-state index < -0.39 is 5.41 Å². The zero-order valence-electron chi connectivity index (χ0n) is 14.0. The van der Waals surface area contributed by atoms with Crippen LogP contribution in [0.2, 0.25) is 0 Å². The first-order chi connectivity index (χ1) is 9.92. The van der Waals surface area contributed by atoms with Gasteiger partial charge in [-0.15, -0.1) is 0 Å². The lowest BCUT2D eigenvalue weighted by Crippen LogP contribution is -2.44. The van der Waals surface area contributed by atoms with Crippen molar-refractivity contribution >= 4 is 11.9 Å². The highest BCUT2D eigenvalue weighted by atomic mass is 16.2. The zero-order valence-corrected chi connectivity index (χ0v) is 14.0. The summed E-state index contributed by atoms with van der Waals surface area (Å²) in [6.45, 7) is 9.56. The second kappa shape index (κ2) is 6.24. The van der Waals surface area contributed by atoms with Crippen LogP contribution in [0.15, 0.2) is 4.99 Å². The second-order valence-corrected chi connectivity index (χ2v) is 7.16. The summed E-state index contributed by atoms with van der Waals surface area (Å²) >= 11 is 0. The standard InChI is InChI=1S/C16H30N4O/c1-5-18-14(19-11-15(2,3)13(21)17-4)20-10-9-16(12-20)7-6-8-16/h5-12H2,1-4H3,(H,17,21)(H,18,19). The summed E-state index contributed by atoms with van der Waals surface area (Å²) in [5, 5.41) is 6.10. The molecular formula is C16H30N4O. The van der Waals surface area contributed by atoms with Crippen LogP contribution < -0.4 is 10.6 Å². The molecule has 2 aliphatic rings. The number of carbonyl (C=O) groups is 1. The monoisotopic (exact) mass is 294 g/mol. The molecular weight excluding hydrogens is 264 g/mol. The number of hydrogen-bond acceptors (Lipinski definition) is 2. The first kappa shape index (κ1) is 16.1. The Morgan fingerprint density at radius 2 is 2.05 bits per heavy atom. The van der Waals surface area contributed by atoms with Crippen LogP contribution in [0.25, 0.3) is 0 Å². The molecule has 1 aliphatic heterocycles. The number of carbonyl (C=O) groups excluding carboxylic acids is 1. The topological polar surface area (TPSA) is 56.7 Å². The second-order valence-electron chi connectivity index (χ2n) is 7.16. The molecule has 1 saturated carbocycles. The molecule has 0 aromatic rings. The van der Waals surface area contributed by atoms with Gasteiger partial charge in [0.25, 0.3) is 0 Å². The van der Waals surface area contributed by atoms with Gasteiger partial charge in [-0.05, 0) is 45.4 Å². The minimum atomic E-state index is -0.469. The van der Waals surface area contributed by atoms with Gasteiger partial charge in [0, 0.05) is 26.7 Å². The number of rotatable bonds is 4. The fourth-order valence-electron chi connectivity index (χ4n) is 3.31. The number of aliphatic imine (C=N–C) groups is 1. The molecule has 0 unspecified atom stereocenters. The third-order valence-corrected chi connectivity index (χ3v) is 4.95. The largest absolute Gasteiger partial charge is 0.359 e. The van der Waals surface area contributed by atoms with Gasteiger partial charge in [-0.25, -0.2) is 0 Å². The van der Waals surface area contributed by atoms with Gasteiger partial charge in [0.15, 0.2) is 5.96 Å². The van der Waals surface area contributed by atoms with Gasteiger partial charge in [-0.1, -0.05) is 6.42 Å². The normalized spacial score (nSPS) is 21.3. The van der Waals surface area contributed by atoms with Gasteiger partial charge < -0.3 is 15.5 Å². The van der Waals surface area contributed by atoms with Gasteiger partial charge in [0.05, 0.1) is 12.0 Å². The molecule has 120 valence electrons. The lowest BCUT2D eigenvalue weighted by molar-refractivity contribution is -0.128. The average molecular weight is 294 g/mol. The first-order valence-corrected chi connectivity index (χ1v) is 8.18. The first-order valence-electron chi connectivity index (χ1n) is 8.18. The van der Waals surface area contributed by atoms with Crippen molar-refractivity contribution in [3.8, 4) is 0 Å². The van der Waals surface area contributed by atoms with E-state index in [4.69, 9.17) is 4.99 Å². The number of guanidine groups is 1. The van der Waals surface area contributed by atoms with Crippen molar-refractivity contribution in [2.45, 2.75) is 46.5 Å². The fourth-order valence-corrected chi connectivity index (χ4v) is 3.31. The molecule has 1 aliphatic carbocycles. The quantitative estimate of drug-likeness (QED) is 0.612. The van der Waals surface area contributed by atoms with Gasteiger partial charge >= 0.3 is 0 Å². The van der Waals surface area contributed by atoms with Crippen molar-refractivity contribution < 1.29 is 4.79 Å². The van der Waals surface area contributed by atoms with E-state index in [2.05, 4.69) is 22.5 Å². The van der Waals surface area contributed by atoms with E-state index in [1.54, 1.807) is 7.05 Å². The summed E-state index contributed by atoms with van der Waals surface area (Å²) < 4.78 is 0. The Bertz CT molecular complexity index is 413. The molecule has 2 rings (SSSR count). The molecule has 2 fully saturated rings. The third kappa shape index (κ3) is 3.50. The Morgan fingerprint density at radius 1 is 1.33 bits per heavy atom. The van der Waals surface area contributed by atoms with E-state index in [-0.39, 0.29) is 5.91 Å². The Hall–Kier alpha value is -1.26. The Kier molecular flexibility index (Phi) is 4.79. The van der Waals surface area contributed by atoms with Crippen LogP contribution in [0.3, 0.4) is 0 Å². The summed E-state index contributed by atoms with van der Waals surface area (Å²) in [5.74, 6) is 1.01. The average Bonchev–Trinajstić information content (AvgIpc) is 2.87. The number of amides is 1. The fraction of sp³-hybridized carbons (Fsp3) is 0.875. The van der Waals surface area contributed by atoms with Gasteiger partial charge in [-0.2, -0.15) is 0 Å². The number of hydrogen-bond donors (Lipinski definition) is 2. The Morgan fingerprint density at radius 3 is 2.52 bits per heavy atom. The molecule has 1 amide bonds. The maximum absolute atomic E-state index is 11.9. The van der Waals surface area contributed by atoms with Crippen LogP contribution in [0.5, 0.6) is 0 Å². The van der Waals surface area contributed by atoms with E-state index in [0.717, 1.165) is 25.6 Å². The zero-order chi connectivity index (χ0) is 15.5. The molecule has 1 heterocycles. The van der Waals surface area contributed by atoms with E-state index in [1.807, 2.05) is 13.8 Å². The van der Waals surface area contributed by atoms with E-state index in [9.17, 15) is 4.79 Å². The van der Waals surface area contributed by atoms with E-state index >= 15 is 0 Å². The molecule has 5 nitrogen and oxygen atoms in total. The van der Waals surface area contributed by atoms with Gasteiger partial charge in [0.2, 0.25) is 5.91 Å². The molecule has 1 spiro atoms. The predicted octanol–water partition coefficient (Wildman–Crippen LogP) is 1.60. The van der Waals surface area contributed by atoms with Crippen LogP contribution in [0.1, 0.15) is 46.5 Å². The Labute approximate surface area is 128 Å². The summed E-state index contributed by atoms with van der Waals surface area (Å²) in [4.78, 5) is 19.0. The van der Waals surface area contributed by atoms with Crippen molar-refractivity contribution in [1.29, 1.82) is 0 Å². The van der Waals surface area contributed by atoms with Crippen molar-refractivity contribution in [3.63, 3.8) is 0 Å². The van der Waals surface area contributed by atoms with Gasteiger partial charge in [0.1, 0.15) is 0 Å². The van der Waals surface area contributed by atoms with Crippen LogP contribution in [0, 0.1) is 10.8 Å². The summed E-state index contributed by atoms with van der Waals surface area (Å²) in [6, 6.07) is 0. The summed E-state index contributed by atoms with van der Waals surface area (Å²) in [7, 11) is 1.68. The molecule has 21 heavy (non-hydrogen) atoms. The molecule has 0 aromatic heterocycles.